The van der Waals surface area contributed by atoms with Crippen LogP contribution in [0.15, 0.2) is 47.3 Å². The van der Waals surface area contributed by atoms with Crippen LogP contribution in [-0.2, 0) is 14.0 Å². The second-order valence-electron chi connectivity index (χ2n) is 8.39. The van der Waals surface area contributed by atoms with Gasteiger partial charge in [0.05, 0.1) is 17.7 Å². The van der Waals surface area contributed by atoms with Crippen molar-refractivity contribution in [3.05, 3.63) is 47.3 Å². The van der Waals surface area contributed by atoms with E-state index >= 15 is 0 Å². The molecule has 0 unspecified atom stereocenters. The molecule has 0 aromatic rings. The lowest BCUT2D eigenvalue weighted by atomic mass is 9.77. The predicted octanol–water partition coefficient (Wildman–Crippen LogP) is 4.51. The quantitative estimate of drug-likeness (QED) is 0.438. The topological polar surface area (TPSA) is 56.8 Å². The van der Waals surface area contributed by atoms with E-state index in [1.165, 1.54) is 0 Å². The molecular formula is C21H32BNO4. The summed E-state index contributed by atoms with van der Waals surface area (Å²) in [5, 5.41) is 2.70. The molecule has 0 aromatic heterocycles. The molecule has 0 aromatic carbocycles. The van der Waals surface area contributed by atoms with Gasteiger partial charge in [0.15, 0.2) is 0 Å². The van der Waals surface area contributed by atoms with E-state index in [0.29, 0.717) is 5.57 Å². The van der Waals surface area contributed by atoms with Gasteiger partial charge >= 0.3 is 13.2 Å². The van der Waals surface area contributed by atoms with Gasteiger partial charge in [0, 0.05) is 5.57 Å². The van der Waals surface area contributed by atoms with Crippen molar-refractivity contribution < 1.29 is 18.8 Å². The van der Waals surface area contributed by atoms with Gasteiger partial charge < -0.3 is 19.4 Å². The molecule has 1 rings (SSSR count). The Bertz CT molecular complexity index is 684. The molecule has 0 spiro atoms. The van der Waals surface area contributed by atoms with Crippen LogP contribution in [0.4, 0.5) is 4.79 Å². The summed E-state index contributed by atoms with van der Waals surface area (Å²) in [4.78, 5) is 11.8. The van der Waals surface area contributed by atoms with Gasteiger partial charge in [-0.15, -0.1) is 0 Å². The Labute approximate surface area is 164 Å². The molecule has 0 aliphatic carbocycles. The third kappa shape index (κ3) is 6.93. The molecule has 1 aliphatic heterocycles. The van der Waals surface area contributed by atoms with E-state index in [1.807, 2.05) is 73.6 Å². The third-order valence-corrected chi connectivity index (χ3v) is 4.41. The standard InChI is InChI=1S/C21H32BNO4/c1-10-12-16(15-23-18(24)25-19(3,4)5)13-14-17(11-2)22-26-20(6,7)21(8,9)27-22/h11,13-14H,1,15H2,2-9H3,(H,23,24)/b14-13-,17-11+. The van der Waals surface area contributed by atoms with Crippen molar-refractivity contribution in [2.45, 2.75) is 72.2 Å². The molecular weight excluding hydrogens is 341 g/mol. The van der Waals surface area contributed by atoms with E-state index in [2.05, 4.69) is 23.4 Å². The average Bonchev–Trinajstić information content (AvgIpc) is 2.71. The number of carbonyl (C=O) groups is 1. The number of carbonyl (C=O) groups excluding carboxylic acids is 1. The molecule has 1 heterocycles. The molecule has 148 valence electrons. The van der Waals surface area contributed by atoms with E-state index < -0.39 is 30.0 Å². The van der Waals surface area contributed by atoms with Gasteiger partial charge in [-0.25, -0.2) is 4.79 Å². The van der Waals surface area contributed by atoms with Crippen molar-refractivity contribution in [3.63, 3.8) is 0 Å². The van der Waals surface area contributed by atoms with Gasteiger partial charge in [-0.3, -0.25) is 0 Å². The summed E-state index contributed by atoms with van der Waals surface area (Å²) in [5.41, 5.74) is 5.73. The Morgan fingerprint density at radius 1 is 1.19 bits per heavy atom. The number of amides is 1. The Kier molecular flexibility index (Phi) is 7.53. The van der Waals surface area contributed by atoms with Crippen LogP contribution in [-0.4, -0.2) is 36.6 Å². The first-order valence-corrected chi connectivity index (χ1v) is 9.12. The van der Waals surface area contributed by atoms with Crippen molar-refractivity contribution in [3.8, 4) is 0 Å². The fourth-order valence-corrected chi connectivity index (χ4v) is 2.23. The largest absolute Gasteiger partial charge is 0.494 e. The number of hydrogen-bond donors (Lipinski definition) is 1. The highest BCUT2D eigenvalue weighted by molar-refractivity contribution is 6.55. The first kappa shape index (κ1) is 23.1. The van der Waals surface area contributed by atoms with Gasteiger partial charge in [0.2, 0.25) is 0 Å². The number of allylic oxidation sites excluding steroid dienone is 3. The van der Waals surface area contributed by atoms with Crippen LogP contribution in [0.5, 0.6) is 0 Å². The first-order chi connectivity index (χ1) is 12.3. The van der Waals surface area contributed by atoms with Gasteiger partial charge in [-0.2, -0.15) is 0 Å². The monoisotopic (exact) mass is 373 g/mol. The van der Waals surface area contributed by atoms with Crippen molar-refractivity contribution in [2.24, 2.45) is 0 Å². The fourth-order valence-electron chi connectivity index (χ4n) is 2.23. The molecule has 0 radical (unpaired) electrons. The Hall–Kier alpha value is -1.97. The molecule has 0 atom stereocenters. The van der Waals surface area contributed by atoms with Gasteiger partial charge in [-0.1, -0.05) is 23.6 Å². The number of ether oxygens (including phenoxy) is 1. The van der Waals surface area contributed by atoms with Gasteiger partial charge in [-0.05, 0) is 73.5 Å². The highest BCUT2D eigenvalue weighted by Crippen LogP contribution is 2.38. The SMILES string of the molecule is C=C=C=C(/C=C\C(=C/C)B1OC(C)(C)C(C)(C)O1)CNC(=O)OC(C)(C)C. The van der Waals surface area contributed by atoms with Gasteiger partial charge in [0.1, 0.15) is 5.60 Å². The third-order valence-electron chi connectivity index (χ3n) is 4.41. The minimum Gasteiger partial charge on any atom is -0.444 e. The van der Waals surface area contributed by atoms with Crippen LogP contribution in [0.2, 0.25) is 0 Å². The maximum Gasteiger partial charge on any atom is 0.494 e. The van der Waals surface area contributed by atoms with E-state index in [0.717, 1.165) is 5.47 Å². The minimum absolute atomic E-state index is 0.244. The zero-order chi connectivity index (χ0) is 20.9. The highest BCUT2D eigenvalue weighted by Gasteiger charge is 2.51. The summed E-state index contributed by atoms with van der Waals surface area (Å²) in [7, 11) is -0.455. The van der Waals surface area contributed by atoms with E-state index in [9.17, 15) is 4.79 Å². The number of nitrogens with one attached hydrogen (secondary N) is 1. The lowest BCUT2D eigenvalue weighted by Crippen LogP contribution is -2.41. The van der Waals surface area contributed by atoms with Crippen LogP contribution >= 0.6 is 0 Å². The van der Waals surface area contributed by atoms with E-state index in [-0.39, 0.29) is 6.54 Å². The molecule has 1 amide bonds. The fraction of sp³-hybridized carbons (Fsp3) is 0.571. The molecule has 27 heavy (non-hydrogen) atoms. The molecule has 1 saturated heterocycles. The summed E-state index contributed by atoms with van der Waals surface area (Å²) in [5.74, 6) is 0. The van der Waals surface area contributed by atoms with Crippen molar-refractivity contribution in [1.29, 1.82) is 0 Å². The van der Waals surface area contributed by atoms with Crippen LogP contribution in [0, 0.1) is 0 Å². The maximum absolute atomic E-state index is 11.8. The van der Waals surface area contributed by atoms with Crippen LogP contribution in [0.25, 0.3) is 0 Å². The summed E-state index contributed by atoms with van der Waals surface area (Å²) >= 11 is 0. The summed E-state index contributed by atoms with van der Waals surface area (Å²) in [6.07, 6.45) is 5.17. The van der Waals surface area contributed by atoms with E-state index in [1.54, 1.807) is 0 Å². The predicted molar refractivity (Wildman–Crippen MR) is 109 cm³/mol. The lowest BCUT2D eigenvalue weighted by molar-refractivity contribution is 0.00578. The minimum atomic E-state index is -0.549. The lowest BCUT2D eigenvalue weighted by Gasteiger charge is -2.32. The Morgan fingerprint density at radius 2 is 1.74 bits per heavy atom. The smallest absolute Gasteiger partial charge is 0.444 e. The van der Waals surface area contributed by atoms with Crippen molar-refractivity contribution in [2.75, 3.05) is 6.54 Å². The van der Waals surface area contributed by atoms with Gasteiger partial charge in [0.25, 0.3) is 0 Å². The summed E-state index contributed by atoms with van der Waals surface area (Å²) in [6, 6.07) is 0. The molecule has 0 saturated carbocycles. The second-order valence-corrected chi connectivity index (χ2v) is 8.39. The average molecular weight is 373 g/mol. The first-order valence-electron chi connectivity index (χ1n) is 9.12. The van der Waals surface area contributed by atoms with Crippen LogP contribution in [0.3, 0.4) is 0 Å². The molecule has 1 N–H and O–H groups in total. The molecule has 5 nitrogen and oxygen atoms in total. The molecule has 6 heteroatoms. The second kappa shape index (κ2) is 8.82. The van der Waals surface area contributed by atoms with Crippen LogP contribution < -0.4 is 5.32 Å². The maximum atomic E-state index is 11.8. The Balaban J connectivity index is 2.82. The number of alkyl carbamates (subject to hydrolysis) is 1. The number of rotatable bonds is 5. The van der Waals surface area contributed by atoms with Crippen molar-refractivity contribution >= 4 is 13.2 Å². The Morgan fingerprint density at radius 3 is 2.19 bits per heavy atom. The molecule has 1 aliphatic rings. The van der Waals surface area contributed by atoms with E-state index in [4.69, 9.17) is 14.0 Å². The molecule has 0 bridgehead atoms. The highest BCUT2D eigenvalue weighted by atomic mass is 16.7. The summed E-state index contributed by atoms with van der Waals surface area (Å²) in [6.45, 7) is 19.2. The van der Waals surface area contributed by atoms with Crippen molar-refractivity contribution in [1.82, 2.24) is 5.32 Å². The molecule has 1 fully saturated rings. The zero-order valence-electron chi connectivity index (χ0n) is 17.9. The zero-order valence-corrected chi connectivity index (χ0v) is 17.9. The normalized spacial score (nSPS) is 18.8. The summed E-state index contributed by atoms with van der Waals surface area (Å²) < 4.78 is 17.4. The van der Waals surface area contributed by atoms with Crippen LogP contribution in [0.1, 0.15) is 55.4 Å². The number of hydrogen-bond acceptors (Lipinski definition) is 4.